The lowest BCUT2D eigenvalue weighted by atomic mass is 9.50. The molecular weight excluding hydrogens is 348 g/mol. The van der Waals surface area contributed by atoms with Crippen LogP contribution in [0.2, 0.25) is 0 Å². The average molecular weight is 379 g/mol. The molecule has 4 nitrogen and oxygen atoms in total. The van der Waals surface area contributed by atoms with Crippen molar-refractivity contribution in [2.45, 2.75) is 69.9 Å². The molecule has 3 atom stereocenters. The number of piperidine rings is 1. The Morgan fingerprint density at radius 2 is 2.07 bits per heavy atom. The zero-order valence-corrected chi connectivity index (χ0v) is 17.1. The van der Waals surface area contributed by atoms with Crippen molar-refractivity contribution in [2.24, 2.45) is 5.92 Å². The van der Waals surface area contributed by atoms with E-state index in [1.54, 1.807) is 0 Å². The summed E-state index contributed by atoms with van der Waals surface area (Å²) in [5.74, 6) is 0.531. The van der Waals surface area contributed by atoms with Gasteiger partial charge in [-0.1, -0.05) is 38.1 Å². The molecule has 3 aliphatic rings. The van der Waals surface area contributed by atoms with Crippen molar-refractivity contribution in [3.05, 3.63) is 57.9 Å². The maximum absolute atomic E-state index is 12.8. The minimum Gasteiger partial charge on any atom is -0.387 e. The Bertz CT molecular complexity index is 960. The topological polar surface area (TPSA) is 65.1 Å². The highest BCUT2D eigenvalue weighted by molar-refractivity contribution is 5.96. The van der Waals surface area contributed by atoms with Gasteiger partial charge < -0.3 is 15.4 Å². The molecule has 28 heavy (non-hydrogen) atoms. The summed E-state index contributed by atoms with van der Waals surface area (Å²) in [5, 5.41) is 15.7. The van der Waals surface area contributed by atoms with Gasteiger partial charge in [-0.05, 0) is 54.5 Å². The van der Waals surface area contributed by atoms with Gasteiger partial charge in [0.25, 0.3) is 0 Å². The number of rotatable bonds is 3. The molecule has 1 aromatic carbocycles. The SMILES string of the molecule is Cc1c(C(=O)CC(C)C)[nH]c2c1C[C@@]1(O)[C@H]3Cc4ccccc4[C@@]1(CCN3)C2. The van der Waals surface area contributed by atoms with Gasteiger partial charge in [0.05, 0.1) is 11.3 Å². The minimum atomic E-state index is -0.808. The second-order valence-electron chi connectivity index (χ2n) is 9.58. The van der Waals surface area contributed by atoms with E-state index in [1.807, 2.05) is 6.92 Å². The number of hydrogen-bond acceptors (Lipinski definition) is 3. The normalized spacial score (nSPS) is 30.5. The Morgan fingerprint density at radius 1 is 1.29 bits per heavy atom. The summed E-state index contributed by atoms with van der Waals surface area (Å²) in [5.41, 5.74) is 5.70. The van der Waals surface area contributed by atoms with Crippen LogP contribution < -0.4 is 5.32 Å². The highest BCUT2D eigenvalue weighted by atomic mass is 16.3. The van der Waals surface area contributed by atoms with Gasteiger partial charge in [0.1, 0.15) is 0 Å². The lowest BCUT2D eigenvalue weighted by Crippen LogP contribution is -2.73. The lowest BCUT2D eigenvalue weighted by Gasteiger charge is -2.60. The van der Waals surface area contributed by atoms with Crippen LogP contribution in [0.5, 0.6) is 0 Å². The van der Waals surface area contributed by atoms with Crippen molar-refractivity contribution in [3.63, 3.8) is 0 Å². The van der Waals surface area contributed by atoms with Crippen LogP contribution in [0.3, 0.4) is 0 Å². The molecule has 0 saturated carbocycles. The standard InChI is InChI=1S/C24H30N2O2/c1-14(2)10-20(27)22-15(3)17-12-24(28)21-11-16-6-4-5-7-18(16)23(24,8-9-25-21)13-19(17)26-22/h4-7,14,21,25-26,28H,8-13H2,1-3H3/t21-,23-,24-/m1/s1. The third-order valence-corrected chi connectivity index (χ3v) is 7.57. The van der Waals surface area contributed by atoms with Crippen molar-refractivity contribution in [1.29, 1.82) is 0 Å². The van der Waals surface area contributed by atoms with E-state index in [2.05, 4.69) is 48.4 Å². The minimum absolute atomic E-state index is 0.0633. The molecule has 1 fully saturated rings. The second-order valence-corrected chi connectivity index (χ2v) is 9.58. The van der Waals surface area contributed by atoms with Crippen LogP contribution in [-0.2, 0) is 24.7 Å². The van der Waals surface area contributed by atoms with Crippen molar-refractivity contribution in [2.75, 3.05) is 6.54 Å². The summed E-state index contributed by atoms with van der Waals surface area (Å²) in [7, 11) is 0. The van der Waals surface area contributed by atoms with E-state index in [-0.39, 0.29) is 17.2 Å². The van der Waals surface area contributed by atoms with E-state index in [4.69, 9.17) is 0 Å². The van der Waals surface area contributed by atoms with E-state index < -0.39 is 5.60 Å². The molecular formula is C24H30N2O2. The molecule has 2 heterocycles. The molecule has 0 radical (unpaired) electrons. The monoisotopic (exact) mass is 378 g/mol. The van der Waals surface area contributed by atoms with Gasteiger partial charge in [-0.15, -0.1) is 0 Å². The summed E-state index contributed by atoms with van der Waals surface area (Å²) < 4.78 is 0. The molecule has 1 saturated heterocycles. The number of carbonyl (C=O) groups excluding carboxylic acids is 1. The smallest absolute Gasteiger partial charge is 0.179 e. The second kappa shape index (κ2) is 6.04. The molecule has 1 aromatic heterocycles. The zero-order chi connectivity index (χ0) is 19.7. The van der Waals surface area contributed by atoms with Crippen molar-refractivity contribution < 1.29 is 9.90 Å². The predicted molar refractivity (Wildman–Crippen MR) is 110 cm³/mol. The highest BCUT2D eigenvalue weighted by Crippen LogP contribution is 2.55. The van der Waals surface area contributed by atoms with Gasteiger partial charge >= 0.3 is 0 Å². The van der Waals surface area contributed by atoms with Crippen molar-refractivity contribution >= 4 is 5.78 Å². The van der Waals surface area contributed by atoms with Crippen LogP contribution in [0.4, 0.5) is 0 Å². The van der Waals surface area contributed by atoms with Gasteiger partial charge in [-0.25, -0.2) is 0 Å². The largest absolute Gasteiger partial charge is 0.387 e. The molecule has 0 unspecified atom stereocenters. The first-order valence-corrected chi connectivity index (χ1v) is 10.6. The van der Waals surface area contributed by atoms with E-state index in [1.165, 1.54) is 16.7 Å². The van der Waals surface area contributed by atoms with E-state index in [0.29, 0.717) is 18.8 Å². The summed E-state index contributed by atoms with van der Waals surface area (Å²) in [6.45, 7) is 7.13. The summed E-state index contributed by atoms with van der Waals surface area (Å²) in [6.07, 6.45) is 3.74. The van der Waals surface area contributed by atoms with Gasteiger partial charge in [-0.2, -0.15) is 0 Å². The Labute approximate surface area is 166 Å². The predicted octanol–water partition coefficient (Wildman–Crippen LogP) is 3.24. The number of aliphatic hydroxyl groups is 1. The van der Waals surface area contributed by atoms with Crippen LogP contribution in [0.15, 0.2) is 24.3 Å². The Balaban J connectivity index is 1.65. The molecule has 0 spiro atoms. The Hall–Kier alpha value is -1.91. The quantitative estimate of drug-likeness (QED) is 0.719. The van der Waals surface area contributed by atoms with Crippen LogP contribution in [0.25, 0.3) is 0 Å². The van der Waals surface area contributed by atoms with Crippen LogP contribution in [0.1, 0.15) is 65.1 Å². The number of benzene rings is 1. The molecule has 2 bridgehead atoms. The number of aromatic amines is 1. The van der Waals surface area contributed by atoms with Gasteiger partial charge in [-0.3, -0.25) is 4.79 Å². The average Bonchev–Trinajstić information content (AvgIpc) is 2.94. The Kier molecular flexibility index (Phi) is 3.91. The molecule has 4 heteroatoms. The highest BCUT2D eigenvalue weighted by Gasteiger charge is 2.62. The fourth-order valence-electron chi connectivity index (χ4n) is 6.21. The maximum atomic E-state index is 12.8. The van der Waals surface area contributed by atoms with E-state index >= 15 is 0 Å². The van der Waals surface area contributed by atoms with Gasteiger partial charge in [0.15, 0.2) is 5.78 Å². The first-order valence-electron chi connectivity index (χ1n) is 10.6. The number of aromatic nitrogens is 1. The first kappa shape index (κ1) is 18.1. The van der Waals surface area contributed by atoms with Crippen LogP contribution in [0, 0.1) is 12.8 Å². The summed E-state index contributed by atoms with van der Waals surface area (Å²) >= 11 is 0. The molecule has 1 aliphatic heterocycles. The number of ketones is 1. The van der Waals surface area contributed by atoms with Crippen LogP contribution >= 0.6 is 0 Å². The molecule has 2 aromatic rings. The number of fused-ring (bicyclic) bond motifs is 2. The molecule has 3 N–H and O–H groups in total. The zero-order valence-electron chi connectivity index (χ0n) is 17.1. The number of carbonyl (C=O) groups is 1. The van der Waals surface area contributed by atoms with E-state index in [0.717, 1.165) is 42.8 Å². The lowest BCUT2D eigenvalue weighted by molar-refractivity contribution is -0.106. The number of H-pyrrole nitrogens is 1. The fourth-order valence-corrected chi connectivity index (χ4v) is 6.21. The number of Topliss-reactive ketones (excluding diaryl/α,β-unsaturated/α-hetero) is 1. The van der Waals surface area contributed by atoms with Gasteiger partial charge in [0.2, 0.25) is 0 Å². The third kappa shape index (κ3) is 2.28. The van der Waals surface area contributed by atoms with Crippen molar-refractivity contribution in [3.8, 4) is 0 Å². The third-order valence-electron chi connectivity index (χ3n) is 7.57. The summed E-state index contributed by atoms with van der Waals surface area (Å²) in [6, 6.07) is 8.69. The number of nitrogens with one attached hydrogen (secondary N) is 2. The molecule has 0 amide bonds. The molecule has 148 valence electrons. The van der Waals surface area contributed by atoms with E-state index in [9.17, 15) is 9.90 Å². The first-order chi connectivity index (χ1) is 13.4. The fraction of sp³-hybridized carbons (Fsp3) is 0.542. The summed E-state index contributed by atoms with van der Waals surface area (Å²) in [4.78, 5) is 16.3. The Morgan fingerprint density at radius 3 is 2.86 bits per heavy atom. The molecule has 2 aliphatic carbocycles. The van der Waals surface area contributed by atoms with Gasteiger partial charge in [0, 0.05) is 36.4 Å². The number of hydrogen-bond donors (Lipinski definition) is 3. The van der Waals surface area contributed by atoms with Crippen LogP contribution in [-0.4, -0.2) is 34.1 Å². The molecule has 5 rings (SSSR count). The maximum Gasteiger partial charge on any atom is 0.179 e. The van der Waals surface area contributed by atoms with Crippen molar-refractivity contribution in [1.82, 2.24) is 10.3 Å².